The van der Waals surface area contributed by atoms with E-state index in [0.717, 1.165) is 31.0 Å². The molecule has 3 rings (SSSR count). The summed E-state index contributed by atoms with van der Waals surface area (Å²) >= 11 is 1.93. The van der Waals surface area contributed by atoms with Crippen LogP contribution in [-0.4, -0.2) is 40.6 Å². The van der Waals surface area contributed by atoms with E-state index in [-0.39, 0.29) is 16.7 Å². The molecule has 0 aliphatic carbocycles. The number of carboxylic acids is 1. The molecule has 2 heterocycles. The number of hydrogen-bond acceptors (Lipinski definition) is 3. The Labute approximate surface area is 137 Å². The minimum absolute atomic E-state index is 0.0900. The minimum Gasteiger partial charge on any atom is -0.481 e. The van der Waals surface area contributed by atoms with Crippen LogP contribution in [0.5, 0.6) is 0 Å². The van der Waals surface area contributed by atoms with Crippen LogP contribution in [0.15, 0.2) is 30.3 Å². The molecule has 0 bridgehead atoms. The first-order chi connectivity index (χ1) is 10.4. The molecule has 2 saturated heterocycles. The second kappa shape index (κ2) is 5.89. The van der Waals surface area contributed by atoms with E-state index in [1.807, 2.05) is 17.8 Å². The number of thioether (sulfide) groups is 1. The molecule has 1 aromatic carbocycles. The van der Waals surface area contributed by atoms with Gasteiger partial charge in [-0.15, -0.1) is 0 Å². The van der Waals surface area contributed by atoms with E-state index in [4.69, 9.17) is 0 Å². The molecule has 4 heteroatoms. The summed E-state index contributed by atoms with van der Waals surface area (Å²) in [6, 6.07) is 10.4. The van der Waals surface area contributed by atoms with Crippen molar-refractivity contribution in [3.8, 4) is 0 Å². The van der Waals surface area contributed by atoms with Gasteiger partial charge in [0.25, 0.3) is 0 Å². The first kappa shape index (κ1) is 15.9. The molecular formula is C18H25NO2S. The van der Waals surface area contributed by atoms with Crippen LogP contribution >= 0.6 is 11.8 Å². The Kier molecular flexibility index (Phi) is 4.25. The fourth-order valence-corrected chi connectivity index (χ4v) is 5.99. The topological polar surface area (TPSA) is 40.5 Å². The van der Waals surface area contributed by atoms with Crippen molar-refractivity contribution in [2.75, 3.05) is 24.6 Å². The molecule has 120 valence electrons. The molecule has 2 aliphatic heterocycles. The van der Waals surface area contributed by atoms with Crippen molar-refractivity contribution in [1.82, 2.24) is 4.90 Å². The Morgan fingerprint density at radius 2 is 2.09 bits per heavy atom. The summed E-state index contributed by atoms with van der Waals surface area (Å²) in [6.45, 7) is 6.98. The SMILES string of the molecule is CC1(C)CCSCC12CN(Cc1ccccc1)CC2C(=O)O. The van der Waals surface area contributed by atoms with E-state index in [1.165, 1.54) is 5.56 Å². The van der Waals surface area contributed by atoms with E-state index in [1.54, 1.807) is 0 Å². The maximum Gasteiger partial charge on any atom is 0.308 e. The van der Waals surface area contributed by atoms with Gasteiger partial charge < -0.3 is 5.11 Å². The predicted molar refractivity (Wildman–Crippen MR) is 91.0 cm³/mol. The second-order valence-corrected chi connectivity index (χ2v) is 8.49. The highest BCUT2D eigenvalue weighted by molar-refractivity contribution is 7.99. The lowest BCUT2D eigenvalue weighted by molar-refractivity contribution is -0.147. The number of benzene rings is 1. The van der Waals surface area contributed by atoms with Crippen LogP contribution in [-0.2, 0) is 11.3 Å². The maximum absolute atomic E-state index is 11.9. The van der Waals surface area contributed by atoms with E-state index < -0.39 is 5.97 Å². The Morgan fingerprint density at radius 3 is 2.73 bits per heavy atom. The van der Waals surface area contributed by atoms with Crippen molar-refractivity contribution < 1.29 is 9.90 Å². The summed E-state index contributed by atoms with van der Waals surface area (Å²) in [5, 5.41) is 9.81. The van der Waals surface area contributed by atoms with Gasteiger partial charge in [0.15, 0.2) is 0 Å². The van der Waals surface area contributed by atoms with Gasteiger partial charge in [0.1, 0.15) is 0 Å². The molecule has 22 heavy (non-hydrogen) atoms. The van der Waals surface area contributed by atoms with Crippen molar-refractivity contribution in [3.63, 3.8) is 0 Å². The van der Waals surface area contributed by atoms with Crippen molar-refractivity contribution in [1.29, 1.82) is 0 Å². The van der Waals surface area contributed by atoms with E-state index >= 15 is 0 Å². The number of likely N-dealkylation sites (tertiary alicyclic amines) is 1. The first-order valence-electron chi connectivity index (χ1n) is 8.01. The van der Waals surface area contributed by atoms with Crippen molar-refractivity contribution in [2.24, 2.45) is 16.7 Å². The van der Waals surface area contributed by atoms with E-state index in [9.17, 15) is 9.90 Å². The van der Waals surface area contributed by atoms with Gasteiger partial charge in [0.05, 0.1) is 5.92 Å². The molecular weight excluding hydrogens is 294 g/mol. The van der Waals surface area contributed by atoms with Gasteiger partial charge in [-0.05, 0) is 23.2 Å². The van der Waals surface area contributed by atoms with Gasteiger partial charge in [-0.1, -0.05) is 44.2 Å². The smallest absolute Gasteiger partial charge is 0.308 e. The van der Waals surface area contributed by atoms with Gasteiger partial charge in [0, 0.05) is 30.8 Å². The summed E-state index contributed by atoms with van der Waals surface area (Å²) in [6.07, 6.45) is 1.11. The quantitative estimate of drug-likeness (QED) is 0.927. The van der Waals surface area contributed by atoms with Crippen LogP contribution < -0.4 is 0 Å². The van der Waals surface area contributed by atoms with Crippen LogP contribution in [0.2, 0.25) is 0 Å². The second-order valence-electron chi connectivity index (χ2n) is 7.39. The molecule has 1 aromatic rings. The lowest BCUT2D eigenvalue weighted by atomic mass is 9.60. The third-order valence-electron chi connectivity index (χ3n) is 5.74. The van der Waals surface area contributed by atoms with E-state index in [0.29, 0.717) is 6.54 Å². The van der Waals surface area contributed by atoms with Crippen molar-refractivity contribution in [3.05, 3.63) is 35.9 Å². The molecule has 2 atom stereocenters. The summed E-state index contributed by atoms with van der Waals surface area (Å²) in [5.74, 6) is 1.26. The minimum atomic E-state index is -0.619. The molecule has 0 saturated carbocycles. The highest BCUT2D eigenvalue weighted by Gasteiger charge is 2.58. The molecule has 1 N–H and O–H groups in total. The number of aliphatic carboxylic acids is 1. The van der Waals surface area contributed by atoms with Gasteiger partial charge in [-0.3, -0.25) is 9.69 Å². The lowest BCUT2D eigenvalue weighted by Gasteiger charge is -2.50. The molecule has 0 radical (unpaired) electrons. The molecule has 0 aromatic heterocycles. The van der Waals surface area contributed by atoms with Crippen molar-refractivity contribution >= 4 is 17.7 Å². The van der Waals surface area contributed by atoms with Crippen LogP contribution in [0, 0.1) is 16.7 Å². The Hall–Kier alpha value is -1.00. The van der Waals surface area contributed by atoms with Gasteiger partial charge in [-0.2, -0.15) is 11.8 Å². The number of hydrogen-bond donors (Lipinski definition) is 1. The fraction of sp³-hybridized carbons (Fsp3) is 0.611. The Balaban J connectivity index is 1.85. The van der Waals surface area contributed by atoms with Crippen LogP contribution in [0.3, 0.4) is 0 Å². The largest absolute Gasteiger partial charge is 0.481 e. The normalized spacial score (nSPS) is 31.5. The van der Waals surface area contributed by atoms with Crippen LogP contribution in [0.25, 0.3) is 0 Å². The van der Waals surface area contributed by atoms with E-state index in [2.05, 4.69) is 43.0 Å². The summed E-state index contributed by atoms with van der Waals surface area (Å²) in [4.78, 5) is 14.3. The maximum atomic E-state index is 11.9. The Bertz CT molecular complexity index is 545. The molecule has 0 amide bonds. The molecule has 2 fully saturated rings. The van der Waals surface area contributed by atoms with Crippen LogP contribution in [0.1, 0.15) is 25.8 Å². The van der Waals surface area contributed by atoms with Gasteiger partial charge in [0.2, 0.25) is 0 Å². The highest BCUT2D eigenvalue weighted by Crippen LogP contribution is 2.56. The zero-order valence-electron chi connectivity index (χ0n) is 13.4. The van der Waals surface area contributed by atoms with Crippen molar-refractivity contribution in [2.45, 2.75) is 26.8 Å². The van der Waals surface area contributed by atoms with Crippen LogP contribution in [0.4, 0.5) is 0 Å². The number of carbonyl (C=O) groups is 1. The average Bonchev–Trinajstić information content (AvgIpc) is 2.84. The number of nitrogens with zero attached hydrogens (tertiary/aromatic N) is 1. The lowest BCUT2D eigenvalue weighted by Crippen LogP contribution is -2.51. The fourth-order valence-electron chi connectivity index (χ4n) is 4.14. The third kappa shape index (κ3) is 2.67. The third-order valence-corrected chi connectivity index (χ3v) is 6.95. The molecule has 2 aliphatic rings. The molecule has 1 spiro atoms. The molecule has 2 unspecified atom stereocenters. The monoisotopic (exact) mass is 319 g/mol. The Morgan fingerprint density at radius 1 is 1.36 bits per heavy atom. The number of carboxylic acid groups (broad SMARTS) is 1. The van der Waals surface area contributed by atoms with Gasteiger partial charge >= 0.3 is 5.97 Å². The number of rotatable bonds is 3. The average molecular weight is 319 g/mol. The summed E-state index contributed by atoms with van der Waals surface area (Å²) < 4.78 is 0. The van der Waals surface area contributed by atoms with Gasteiger partial charge in [-0.25, -0.2) is 0 Å². The molecule has 3 nitrogen and oxygen atoms in total. The summed E-state index contributed by atoms with van der Waals surface area (Å²) in [7, 11) is 0. The highest BCUT2D eigenvalue weighted by atomic mass is 32.2. The zero-order valence-corrected chi connectivity index (χ0v) is 14.2. The standard InChI is InChI=1S/C18H25NO2S/c1-17(2)8-9-22-13-18(17)12-19(11-15(18)16(20)21)10-14-6-4-3-5-7-14/h3-7,15H,8-13H2,1-2H3,(H,20,21). The summed E-state index contributed by atoms with van der Waals surface area (Å²) in [5.41, 5.74) is 1.26. The zero-order chi connectivity index (χ0) is 15.8. The predicted octanol–water partition coefficient (Wildman–Crippen LogP) is 3.35. The first-order valence-corrected chi connectivity index (χ1v) is 9.17.